The Balaban J connectivity index is 2.98. The molecule has 2 heteroatoms. The summed E-state index contributed by atoms with van der Waals surface area (Å²) in [6, 6.07) is 2.02. The van der Waals surface area contributed by atoms with Crippen molar-refractivity contribution in [2.45, 2.75) is 19.8 Å². The van der Waals surface area contributed by atoms with Crippen LogP contribution in [0.2, 0.25) is 0 Å². The van der Waals surface area contributed by atoms with E-state index in [2.05, 4.69) is 18.5 Å². The van der Waals surface area contributed by atoms with Crippen molar-refractivity contribution in [1.29, 1.82) is 5.41 Å². The summed E-state index contributed by atoms with van der Waals surface area (Å²) in [6.07, 6.45) is 5.02. The molecule has 0 unspecified atom stereocenters. The molecule has 1 aromatic heterocycles. The van der Waals surface area contributed by atoms with E-state index in [-0.39, 0.29) is 0 Å². The molecule has 2 nitrogen and oxygen atoms in total. The Morgan fingerprint density at radius 1 is 1.67 bits per heavy atom. The van der Waals surface area contributed by atoms with Crippen LogP contribution in [-0.4, -0.2) is 11.2 Å². The van der Waals surface area contributed by atoms with Crippen LogP contribution in [0.25, 0.3) is 0 Å². The first-order valence-electron chi connectivity index (χ1n) is 4.14. The number of aromatic nitrogens is 1. The van der Waals surface area contributed by atoms with Gasteiger partial charge < -0.3 is 10.4 Å². The molecule has 12 heavy (non-hydrogen) atoms. The minimum absolute atomic E-state index is 0.810. The fourth-order valence-corrected chi connectivity index (χ4v) is 1.21. The highest BCUT2D eigenvalue weighted by molar-refractivity contribution is 5.79. The predicted octanol–water partition coefficient (Wildman–Crippen LogP) is 2.30. The van der Waals surface area contributed by atoms with E-state index in [0.717, 1.165) is 24.1 Å². The van der Waals surface area contributed by atoms with E-state index in [1.54, 1.807) is 0 Å². The van der Waals surface area contributed by atoms with E-state index in [1.165, 1.54) is 11.9 Å². The number of H-pyrrole nitrogens is 1. The monoisotopic (exact) mass is 162 g/mol. The molecule has 1 heterocycles. The molecule has 0 aliphatic rings. The van der Waals surface area contributed by atoms with Gasteiger partial charge in [0.1, 0.15) is 0 Å². The van der Waals surface area contributed by atoms with E-state index < -0.39 is 0 Å². The summed E-state index contributed by atoms with van der Waals surface area (Å²) >= 11 is 0. The molecule has 0 amide bonds. The van der Waals surface area contributed by atoms with Crippen LogP contribution < -0.4 is 0 Å². The normalized spacial score (nSPS) is 9.75. The van der Waals surface area contributed by atoms with Crippen LogP contribution in [0.15, 0.2) is 18.7 Å². The van der Waals surface area contributed by atoms with Crippen molar-refractivity contribution >= 4 is 6.21 Å². The molecule has 1 rings (SSSR count). The lowest BCUT2D eigenvalue weighted by Gasteiger charge is -1.92. The smallest absolute Gasteiger partial charge is 0.0276 e. The minimum Gasteiger partial charge on any atom is -0.361 e. The standard InChI is InChI=1S/C10H14N2/c1-3-5-10-8(7-11)6-9(4-2)12-10/h3,6-7,11-12H,1,4-5H2,2H3. The highest BCUT2D eigenvalue weighted by Crippen LogP contribution is 2.10. The third kappa shape index (κ3) is 1.64. The van der Waals surface area contributed by atoms with Gasteiger partial charge in [-0.15, -0.1) is 6.58 Å². The van der Waals surface area contributed by atoms with Gasteiger partial charge in [-0.2, -0.15) is 0 Å². The summed E-state index contributed by atoms with van der Waals surface area (Å²) in [7, 11) is 0. The van der Waals surface area contributed by atoms with Crippen molar-refractivity contribution in [3.05, 3.63) is 35.7 Å². The second-order valence-corrected chi connectivity index (χ2v) is 2.72. The highest BCUT2D eigenvalue weighted by Gasteiger charge is 2.02. The van der Waals surface area contributed by atoms with Gasteiger partial charge in [-0.25, -0.2) is 0 Å². The van der Waals surface area contributed by atoms with Gasteiger partial charge in [0.25, 0.3) is 0 Å². The van der Waals surface area contributed by atoms with Crippen molar-refractivity contribution in [3.63, 3.8) is 0 Å². The summed E-state index contributed by atoms with van der Waals surface area (Å²) in [6.45, 7) is 5.77. The Hall–Kier alpha value is -1.31. The molecule has 0 radical (unpaired) electrons. The second kappa shape index (κ2) is 3.90. The molecule has 0 fully saturated rings. The quantitative estimate of drug-likeness (QED) is 0.504. The van der Waals surface area contributed by atoms with Crippen molar-refractivity contribution in [2.24, 2.45) is 0 Å². The van der Waals surface area contributed by atoms with Crippen molar-refractivity contribution in [1.82, 2.24) is 4.98 Å². The molecule has 0 aliphatic carbocycles. The molecule has 0 saturated heterocycles. The Morgan fingerprint density at radius 2 is 2.42 bits per heavy atom. The fourth-order valence-electron chi connectivity index (χ4n) is 1.21. The number of aryl methyl sites for hydroxylation is 1. The van der Waals surface area contributed by atoms with Gasteiger partial charge in [-0.1, -0.05) is 13.0 Å². The lowest BCUT2D eigenvalue weighted by Crippen LogP contribution is -1.87. The Labute approximate surface area is 72.8 Å². The third-order valence-electron chi connectivity index (χ3n) is 1.87. The largest absolute Gasteiger partial charge is 0.361 e. The number of hydrogen-bond acceptors (Lipinski definition) is 1. The summed E-state index contributed by atoms with van der Waals surface area (Å²) < 4.78 is 0. The molecular formula is C10H14N2. The van der Waals surface area contributed by atoms with Crippen LogP contribution in [0.4, 0.5) is 0 Å². The van der Waals surface area contributed by atoms with Gasteiger partial charge >= 0.3 is 0 Å². The molecule has 0 bridgehead atoms. The zero-order chi connectivity index (χ0) is 8.97. The van der Waals surface area contributed by atoms with Crippen LogP contribution in [0.3, 0.4) is 0 Å². The van der Waals surface area contributed by atoms with Crippen molar-refractivity contribution in [3.8, 4) is 0 Å². The lowest BCUT2D eigenvalue weighted by molar-refractivity contribution is 1.02. The summed E-state index contributed by atoms with van der Waals surface area (Å²) in [5.74, 6) is 0. The van der Waals surface area contributed by atoms with Crippen LogP contribution in [0, 0.1) is 5.41 Å². The van der Waals surface area contributed by atoms with E-state index in [9.17, 15) is 0 Å². The Kier molecular flexibility index (Phi) is 2.86. The van der Waals surface area contributed by atoms with Gasteiger partial charge in [0.2, 0.25) is 0 Å². The maximum absolute atomic E-state index is 7.17. The van der Waals surface area contributed by atoms with Gasteiger partial charge in [0.15, 0.2) is 0 Å². The molecule has 0 aromatic carbocycles. The van der Waals surface area contributed by atoms with Gasteiger partial charge in [-0.05, 0) is 12.5 Å². The molecular weight excluding hydrogens is 148 g/mol. The topological polar surface area (TPSA) is 39.6 Å². The number of rotatable bonds is 4. The minimum atomic E-state index is 0.810. The van der Waals surface area contributed by atoms with Crippen LogP contribution >= 0.6 is 0 Å². The first-order chi connectivity index (χ1) is 5.81. The van der Waals surface area contributed by atoms with E-state index >= 15 is 0 Å². The number of nitrogens with one attached hydrogen (secondary N) is 2. The third-order valence-corrected chi connectivity index (χ3v) is 1.87. The molecule has 1 aromatic rings. The number of allylic oxidation sites excluding steroid dienone is 1. The molecule has 0 spiro atoms. The summed E-state index contributed by atoms with van der Waals surface area (Å²) in [5.41, 5.74) is 3.26. The second-order valence-electron chi connectivity index (χ2n) is 2.72. The average molecular weight is 162 g/mol. The van der Waals surface area contributed by atoms with Crippen molar-refractivity contribution < 1.29 is 0 Å². The SMILES string of the molecule is C=CCc1[nH]c(CC)cc1C=N. The Bertz CT molecular complexity index is 284. The molecule has 2 N–H and O–H groups in total. The number of aromatic amines is 1. The van der Waals surface area contributed by atoms with E-state index in [4.69, 9.17) is 5.41 Å². The van der Waals surface area contributed by atoms with Gasteiger partial charge in [0, 0.05) is 29.6 Å². The van der Waals surface area contributed by atoms with E-state index in [0.29, 0.717) is 0 Å². The fraction of sp³-hybridized carbons (Fsp3) is 0.300. The average Bonchev–Trinajstić information content (AvgIpc) is 2.48. The molecule has 0 aliphatic heterocycles. The predicted molar refractivity (Wildman–Crippen MR) is 52.0 cm³/mol. The molecule has 0 saturated carbocycles. The first kappa shape index (κ1) is 8.78. The van der Waals surface area contributed by atoms with Crippen LogP contribution in [0.5, 0.6) is 0 Å². The summed E-state index contributed by atoms with van der Waals surface area (Å²) in [4.78, 5) is 3.26. The van der Waals surface area contributed by atoms with E-state index in [1.807, 2.05) is 12.1 Å². The maximum atomic E-state index is 7.17. The number of hydrogen-bond donors (Lipinski definition) is 2. The maximum Gasteiger partial charge on any atom is 0.0276 e. The lowest BCUT2D eigenvalue weighted by atomic mass is 10.2. The zero-order valence-corrected chi connectivity index (χ0v) is 7.35. The highest BCUT2D eigenvalue weighted by atomic mass is 14.7. The Morgan fingerprint density at radius 3 is 2.92 bits per heavy atom. The van der Waals surface area contributed by atoms with Gasteiger partial charge in [-0.3, -0.25) is 0 Å². The zero-order valence-electron chi connectivity index (χ0n) is 7.35. The first-order valence-corrected chi connectivity index (χ1v) is 4.14. The van der Waals surface area contributed by atoms with Crippen LogP contribution in [0.1, 0.15) is 23.9 Å². The van der Waals surface area contributed by atoms with Crippen molar-refractivity contribution in [2.75, 3.05) is 0 Å². The summed E-state index contributed by atoms with van der Waals surface area (Å²) in [5, 5.41) is 7.17. The molecule has 64 valence electrons. The molecule has 0 atom stereocenters. The van der Waals surface area contributed by atoms with Crippen LogP contribution in [-0.2, 0) is 12.8 Å². The van der Waals surface area contributed by atoms with Gasteiger partial charge in [0.05, 0.1) is 0 Å².